The van der Waals surface area contributed by atoms with Gasteiger partial charge in [0.25, 0.3) is 0 Å². The Balaban J connectivity index is 2.35. The molecule has 20 heavy (non-hydrogen) atoms. The molecule has 106 valence electrons. The van der Waals surface area contributed by atoms with Crippen LogP contribution in [0.25, 0.3) is 11.1 Å². The summed E-state index contributed by atoms with van der Waals surface area (Å²) in [5.74, 6) is 0. The second-order valence-corrected chi connectivity index (χ2v) is 6.83. The molecule has 0 saturated carbocycles. The Kier molecular flexibility index (Phi) is 4.30. The van der Waals surface area contributed by atoms with Crippen molar-refractivity contribution >= 4 is 21.4 Å². The van der Waals surface area contributed by atoms with Gasteiger partial charge in [-0.15, -0.1) is 0 Å². The van der Waals surface area contributed by atoms with Crippen LogP contribution in [0.1, 0.15) is 6.92 Å². The molecule has 1 heterocycles. The quantitative estimate of drug-likeness (QED) is 0.815. The largest absolute Gasteiger partial charge is 0.268 e. The average Bonchev–Trinajstić information content (AvgIpc) is 2.83. The SMILES string of the molecule is CC=CCn1cc(-c2ccc(S(C)(=O)=O)c(Cl)c2)cn1. The Morgan fingerprint density at radius 1 is 1.35 bits per heavy atom. The van der Waals surface area contributed by atoms with Gasteiger partial charge in [-0.1, -0.05) is 29.8 Å². The highest BCUT2D eigenvalue weighted by Crippen LogP contribution is 2.28. The molecule has 0 atom stereocenters. The fourth-order valence-electron chi connectivity index (χ4n) is 1.81. The van der Waals surface area contributed by atoms with E-state index in [0.717, 1.165) is 17.4 Å². The van der Waals surface area contributed by atoms with Gasteiger partial charge in [0, 0.05) is 18.0 Å². The van der Waals surface area contributed by atoms with Gasteiger partial charge in [0.2, 0.25) is 0 Å². The number of hydrogen-bond donors (Lipinski definition) is 0. The van der Waals surface area contributed by atoms with Gasteiger partial charge in [-0.25, -0.2) is 8.42 Å². The summed E-state index contributed by atoms with van der Waals surface area (Å²) in [6.07, 6.45) is 8.72. The van der Waals surface area contributed by atoms with Gasteiger partial charge in [-0.3, -0.25) is 4.68 Å². The van der Waals surface area contributed by atoms with E-state index in [1.165, 1.54) is 6.07 Å². The van der Waals surface area contributed by atoms with Gasteiger partial charge in [0.15, 0.2) is 9.84 Å². The van der Waals surface area contributed by atoms with Crippen molar-refractivity contribution in [3.63, 3.8) is 0 Å². The molecule has 0 amide bonds. The summed E-state index contributed by atoms with van der Waals surface area (Å²) in [6, 6.07) is 4.91. The summed E-state index contributed by atoms with van der Waals surface area (Å²) >= 11 is 6.04. The van der Waals surface area contributed by atoms with Crippen molar-refractivity contribution in [3.8, 4) is 11.1 Å². The van der Waals surface area contributed by atoms with E-state index in [1.807, 2.05) is 25.3 Å². The molecule has 1 aromatic carbocycles. The number of hydrogen-bond acceptors (Lipinski definition) is 3. The lowest BCUT2D eigenvalue weighted by atomic mass is 10.1. The predicted molar refractivity (Wildman–Crippen MR) is 80.6 cm³/mol. The number of nitrogens with zero attached hydrogens (tertiary/aromatic N) is 2. The van der Waals surface area contributed by atoms with E-state index in [-0.39, 0.29) is 9.92 Å². The molecule has 0 aliphatic rings. The minimum Gasteiger partial charge on any atom is -0.268 e. The van der Waals surface area contributed by atoms with Gasteiger partial charge in [-0.05, 0) is 24.6 Å². The third kappa shape index (κ3) is 3.29. The second-order valence-electron chi connectivity index (χ2n) is 4.44. The van der Waals surface area contributed by atoms with Crippen LogP contribution in [0.3, 0.4) is 0 Å². The van der Waals surface area contributed by atoms with Crippen molar-refractivity contribution in [2.45, 2.75) is 18.4 Å². The maximum absolute atomic E-state index is 11.5. The first kappa shape index (κ1) is 14.8. The second kappa shape index (κ2) is 5.81. The highest BCUT2D eigenvalue weighted by atomic mass is 35.5. The van der Waals surface area contributed by atoms with Gasteiger partial charge in [0.05, 0.1) is 22.7 Å². The van der Waals surface area contributed by atoms with E-state index in [9.17, 15) is 8.42 Å². The van der Waals surface area contributed by atoms with Crippen LogP contribution < -0.4 is 0 Å². The van der Waals surface area contributed by atoms with E-state index in [1.54, 1.807) is 23.0 Å². The van der Waals surface area contributed by atoms with E-state index < -0.39 is 9.84 Å². The van der Waals surface area contributed by atoms with Crippen molar-refractivity contribution in [2.75, 3.05) is 6.26 Å². The lowest BCUT2D eigenvalue weighted by Gasteiger charge is -2.04. The van der Waals surface area contributed by atoms with E-state index >= 15 is 0 Å². The molecule has 0 saturated heterocycles. The molecule has 4 nitrogen and oxygen atoms in total. The number of aromatic nitrogens is 2. The smallest absolute Gasteiger partial charge is 0.176 e. The van der Waals surface area contributed by atoms with Gasteiger partial charge in [0.1, 0.15) is 0 Å². The molecule has 0 unspecified atom stereocenters. The zero-order valence-corrected chi connectivity index (χ0v) is 12.8. The topological polar surface area (TPSA) is 52.0 Å². The van der Waals surface area contributed by atoms with Crippen LogP contribution in [-0.4, -0.2) is 24.5 Å². The van der Waals surface area contributed by atoms with Crippen LogP contribution in [0.4, 0.5) is 0 Å². The first-order valence-electron chi connectivity index (χ1n) is 6.05. The van der Waals surface area contributed by atoms with Crippen molar-refractivity contribution < 1.29 is 8.42 Å². The minimum atomic E-state index is -3.30. The zero-order chi connectivity index (χ0) is 14.8. The molecule has 0 radical (unpaired) electrons. The normalized spacial score (nSPS) is 12.2. The van der Waals surface area contributed by atoms with E-state index in [0.29, 0.717) is 6.54 Å². The standard InChI is InChI=1S/C14H15ClN2O2S/c1-3-4-7-17-10-12(9-16-17)11-5-6-14(13(15)8-11)20(2,18)19/h3-6,8-10H,7H2,1-2H3. The minimum absolute atomic E-state index is 0.143. The molecule has 0 spiro atoms. The molecule has 1 aromatic heterocycles. The predicted octanol–water partition coefficient (Wildman–Crippen LogP) is 3.18. The molecule has 0 fully saturated rings. The third-order valence-electron chi connectivity index (χ3n) is 2.83. The Labute approximate surface area is 123 Å². The molecule has 0 N–H and O–H groups in total. The molecule has 0 aliphatic carbocycles. The number of allylic oxidation sites excluding steroid dienone is 2. The lowest BCUT2D eigenvalue weighted by Crippen LogP contribution is -1.97. The highest BCUT2D eigenvalue weighted by molar-refractivity contribution is 7.90. The summed E-state index contributed by atoms with van der Waals surface area (Å²) in [5.41, 5.74) is 1.74. The van der Waals surface area contributed by atoms with Crippen molar-refractivity contribution in [1.29, 1.82) is 0 Å². The number of sulfone groups is 1. The van der Waals surface area contributed by atoms with E-state index in [2.05, 4.69) is 5.10 Å². The summed E-state index contributed by atoms with van der Waals surface area (Å²) in [6.45, 7) is 2.65. The summed E-state index contributed by atoms with van der Waals surface area (Å²) < 4.78 is 24.8. The number of rotatable bonds is 4. The third-order valence-corrected chi connectivity index (χ3v) is 4.41. The molecule has 0 bridgehead atoms. The Hall–Kier alpha value is -1.59. The zero-order valence-electron chi connectivity index (χ0n) is 11.2. The number of benzene rings is 1. The molecule has 2 aromatic rings. The Morgan fingerprint density at radius 2 is 2.10 bits per heavy atom. The molecule has 0 aliphatic heterocycles. The molecular formula is C14H15ClN2O2S. The Bertz CT molecular complexity index is 748. The van der Waals surface area contributed by atoms with Crippen LogP contribution in [0.15, 0.2) is 47.6 Å². The van der Waals surface area contributed by atoms with Crippen molar-refractivity contribution in [2.24, 2.45) is 0 Å². The van der Waals surface area contributed by atoms with Crippen LogP contribution in [0.5, 0.6) is 0 Å². The van der Waals surface area contributed by atoms with Crippen molar-refractivity contribution in [1.82, 2.24) is 9.78 Å². The highest BCUT2D eigenvalue weighted by Gasteiger charge is 2.13. The monoisotopic (exact) mass is 310 g/mol. The van der Waals surface area contributed by atoms with Gasteiger partial charge in [-0.2, -0.15) is 5.10 Å². The molecule has 6 heteroatoms. The van der Waals surface area contributed by atoms with Crippen LogP contribution in [0, 0.1) is 0 Å². The fraction of sp³-hybridized carbons (Fsp3) is 0.214. The number of halogens is 1. The molecular weight excluding hydrogens is 296 g/mol. The van der Waals surface area contributed by atoms with Gasteiger partial charge >= 0.3 is 0 Å². The summed E-state index contributed by atoms with van der Waals surface area (Å²) in [5, 5.41) is 4.46. The summed E-state index contributed by atoms with van der Waals surface area (Å²) in [4.78, 5) is 0.143. The summed E-state index contributed by atoms with van der Waals surface area (Å²) in [7, 11) is -3.30. The first-order valence-corrected chi connectivity index (χ1v) is 8.32. The maximum atomic E-state index is 11.5. The fourth-order valence-corrected chi connectivity index (χ4v) is 3.14. The van der Waals surface area contributed by atoms with Crippen LogP contribution >= 0.6 is 11.6 Å². The van der Waals surface area contributed by atoms with Crippen LogP contribution in [-0.2, 0) is 16.4 Å². The average molecular weight is 311 g/mol. The van der Waals surface area contributed by atoms with Crippen LogP contribution in [0.2, 0.25) is 5.02 Å². The first-order chi connectivity index (χ1) is 9.41. The van der Waals surface area contributed by atoms with E-state index in [4.69, 9.17) is 11.6 Å². The van der Waals surface area contributed by atoms with Gasteiger partial charge < -0.3 is 0 Å². The lowest BCUT2D eigenvalue weighted by molar-refractivity contribution is 0.602. The van der Waals surface area contributed by atoms with Crippen molar-refractivity contribution in [3.05, 3.63) is 47.8 Å². The maximum Gasteiger partial charge on any atom is 0.176 e. The Morgan fingerprint density at radius 3 is 2.70 bits per heavy atom. The molecule has 2 rings (SSSR count).